The van der Waals surface area contributed by atoms with E-state index in [0.717, 1.165) is 85.3 Å². The van der Waals surface area contributed by atoms with Crippen LogP contribution in [0.3, 0.4) is 0 Å². The first-order chi connectivity index (χ1) is 15.2. The topological polar surface area (TPSA) is 92.7 Å². The van der Waals surface area contributed by atoms with E-state index in [9.17, 15) is 4.79 Å². The number of nitrogens with zero attached hydrogens (tertiary/aromatic N) is 4. The molecule has 1 saturated carbocycles. The fourth-order valence-corrected chi connectivity index (χ4v) is 4.65. The molecule has 2 fully saturated rings. The molecule has 1 aliphatic carbocycles. The van der Waals surface area contributed by atoms with Crippen LogP contribution in [0.25, 0.3) is 22.2 Å². The molecule has 7 nitrogen and oxygen atoms in total. The van der Waals surface area contributed by atoms with Crippen LogP contribution in [-0.4, -0.2) is 45.1 Å². The number of piperidine rings is 1. The number of ketones is 1. The van der Waals surface area contributed by atoms with Crippen LogP contribution < -0.4 is 10.6 Å². The van der Waals surface area contributed by atoms with Crippen molar-refractivity contribution in [2.75, 3.05) is 18.4 Å². The number of aromatic nitrogens is 4. The Labute approximate surface area is 182 Å². The quantitative estimate of drug-likeness (QED) is 0.635. The summed E-state index contributed by atoms with van der Waals surface area (Å²) in [4.78, 5) is 21.7. The Morgan fingerprint density at radius 3 is 2.71 bits per heavy atom. The largest absolute Gasteiger partial charge is 0.366 e. The number of carbonyl (C=O) groups is 1. The van der Waals surface area contributed by atoms with Crippen LogP contribution in [0.15, 0.2) is 36.7 Å². The van der Waals surface area contributed by atoms with Crippen molar-refractivity contribution in [2.45, 2.75) is 51.0 Å². The van der Waals surface area contributed by atoms with Crippen LogP contribution in [0.5, 0.6) is 0 Å². The van der Waals surface area contributed by atoms with Gasteiger partial charge in [0, 0.05) is 22.9 Å². The van der Waals surface area contributed by atoms with E-state index in [4.69, 9.17) is 4.98 Å². The highest BCUT2D eigenvalue weighted by atomic mass is 16.1. The van der Waals surface area contributed by atoms with E-state index in [1.807, 2.05) is 18.2 Å². The molecular weight excluding hydrogens is 388 g/mol. The van der Waals surface area contributed by atoms with E-state index >= 15 is 0 Å². The Bertz CT molecular complexity index is 1070. The van der Waals surface area contributed by atoms with Crippen LogP contribution in [0, 0.1) is 5.92 Å². The zero-order valence-electron chi connectivity index (χ0n) is 17.7. The van der Waals surface area contributed by atoms with Gasteiger partial charge in [0.2, 0.25) is 0 Å². The van der Waals surface area contributed by atoms with Gasteiger partial charge in [0.05, 0.1) is 35.7 Å². The molecule has 3 heterocycles. The number of benzene rings is 1. The molecule has 160 valence electrons. The highest BCUT2D eigenvalue weighted by Gasteiger charge is 2.23. The number of Topliss-reactive ketones (excluding diaryl/α,β-unsaturated/α-hetero) is 1. The lowest BCUT2D eigenvalue weighted by molar-refractivity contribution is -0.122. The van der Waals surface area contributed by atoms with Crippen molar-refractivity contribution < 1.29 is 4.79 Å². The number of fused-ring (bicyclic) bond motifs is 1. The molecule has 0 amide bonds. The third-order valence-corrected chi connectivity index (χ3v) is 6.42. The molecule has 1 aromatic carbocycles. The normalized spacial score (nSPS) is 17.8. The first kappa shape index (κ1) is 20.0. The number of hydrogen-bond acceptors (Lipinski definition) is 7. The third kappa shape index (κ3) is 4.71. The third-order valence-electron chi connectivity index (χ3n) is 6.42. The van der Waals surface area contributed by atoms with E-state index in [1.165, 1.54) is 0 Å². The van der Waals surface area contributed by atoms with Gasteiger partial charge in [0.1, 0.15) is 11.6 Å². The number of nitrogens with one attached hydrogen (secondary N) is 2. The molecule has 0 radical (unpaired) electrons. The van der Waals surface area contributed by atoms with Gasteiger partial charge >= 0.3 is 0 Å². The predicted molar refractivity (Wildman–Crippen MR) is 121 cm³/mol. The Morgan fingerprint density at radius 2 is 1.87 bits per heavy atom. The number of rotatable bonds is 6. The minimum atomic E-state index is 0.203. The summed E-state index contributed by atoms with van der Waals surface area (Å²) in [5.74, 6) is 1.30. The van der Waals surface area contributed by atoms with E-state index in [1.54, 1.807) is 12.4 Å². The summed E-state index contributed by atoms with van der Waals surface area (Å²) in [6.07, 6.45) is 10.5. The van der Waals surface area contributed by atoms with Gasteiger partial charge in [-0.25, -0.2) is 4.98 Å². The van der Waals surface area contributed by atoms with Crippen molar-refractivity contribution in [3.8, 4) is 11.3 Å². The maximum atomic E-state index is 12.5. The molecule has 0 atom stereocenters. The van der Waals surface area contributed by atoms with Crippen LogP contribution in [0.2, 0.25) is 0 Å². The molecule has 3 aromatic rings. The average Bonchev–Trinajstić information content (AvgIpc) is 3.35. The second kappa shape index (κ2) is 9.06. The van der Waals surface area contributed by atoms with Crippen molar-refractivity contribution in [3.63, 3.8) is 0 Å². The molecule has 0 spiro atoms. The van der Waals surface area contributed by atoms with Crippen LogP contribution in [0.1, 0.15) is 44.2 Å². The van der Waals surface area contributed by atoms with Gasteiger partial charge < -0.3 is 10.6 Å². The maximum absolute atomic E-state index is 12.5. The van der Waals surface area contributed by atoms with E-state index in [0.29, 0.717) is 18.2 Å². The molecule has 2 aliphatic rings. The van der Waals surface area contributed by atoms with Crippen molar-refractivity contribution >= 4 is 22.5 Å². The Morgan fingerprint density at radius 1 is 1.03 bits per heavy atom. The Hall–Kier alpha value is -2.93. The summed E-state index contributed by atoms with van der Waals surface area (Å²) in [7, 11) is 0. The van der Waals surface area contributed by atoms with E-state index in [-0.39, 0.29) is 5.92 Å². The molecule has 2 N–H and O–H groups in total. The SMILES string of the molecule is O=C(Cc1cc2cc(-c3cncc(NC4CCNCC4)n3)ccc2nn1)C1CCCC1. The van der Waals surface area contributed by atoms with Gasteiger partial charge in [-0.3, -0.25) is 9.78 Å². The van der Waals surface area contributed by atoms with Crippen LogP contribution >= 0.6 is 0 Å². The average molecular weight is 417 g/mol. The van der Waals surface area contributed by atoms with Crippen molar-refractivity contribution in [1.29, 1.82) is 0 Å². The molecule has 7 heteroatoms. The Balaban J connectivity index is 1.36. The monoisotopic (exact) mass is 416 g/mol. The van der Waals surface area contributed by atoms with Gasteiger partial charge in [0.25, 0.3) is 0 Å². The standard InChI is InChI=1S/C24H28N6O/c31-23(16-3-1-2-4-16)13-20-12-18-11-17(5-6-21(18)30-29-20)22-14-26-15-24(28-22)27-19-7-9-25-10-8-19/h5-6,11-12,14-16,19,25H,1-4,7-10,13H2,(H,27,28). The minimum Gasteiger partial charge on any atom is -0.366 e. The minimum absolute atomic E-state index is 0.203. The fourth-order valence-electron chi connectivity index (χ4n) is 4.65. The Kier molecular flexibility index (Phi) is 5.84. The molecule has 2 aromatic heterocycles. The lowest BCUT2D eigenvalue weighted by atomic mass is 9.98. The summed E-state index contributed by atoms with van der Waals surface area (Å²) in [5, 5.41) is 16.5. The first-order valence-electron chi connectivity index (χ1n) is 11.3. The van der Waals surface area contributed by atoms with Gasteiger partial charge in [-0.15, -0.1) is 0 Å². The van der Waals surface area contributed by atoms with Crippen molar-refractivity contribution in [3.05, 3.63) is 42.4 Å². The number of carbonyl (C=O) groups excluding carboxylic acids is 1. The van der Waals surface area contributed by atoms with E-state index in [2.05, 4.69) is 31.9 Å². The van der Waals surface area contributed by atoms with Gasteiger partial charge in [-0.1, -0.05) is 18.9 Å². The van der Waals surface area contributed by atoms with Gasteiger partial charge in [0.15, 0.2) is 0 Å². The number of anilines is 1. The van der Waals surface area contributed by atoms with Crippen LogP contribution in [-0.2, 0) is 11.2 Å². The van der Waals surface area contributed by atoms with Gasteiger partial charge in [-0.05, 0) is 57.0 Å². The molecule has 1 aliphatic heterocycles. The number of hydrogen-bond donors (Lipinski definition) is 2. The molecule has 31 heavy (non-hydrogen) atoms. The first-order valence-corrected chi connectivity index (χ1v) is 11.3. The lowest BCUT2D eigenvalue weighted by Gasteiger charge is -2.24. The zero-order valence-corrected chi connectivity index (χ0v) is 17.7. The van der Waals surface area contributed by atoms with E-state index < -0.39 is 0 Å². The highest BCUT2D eigenvalue weighted by molar-refractivity contribution is 5.86. The van der Waals surface area contributed by atoms with Crippen molar-refractivity contribution in [1.82, 2.24) is 25.5 Å². The second-order valence-electron chi connectivity index (χ2n) is 8.69. The zero-order chi connectivity index (χ0) is 21.0. The highest BCUT2D eigenvalue weighted by Crippen LogP contribution is 2.27. The predicted octanol–water partition coefficient (Wildman–Crippen LogP) is 3.55. The maximum Gasteiger partial charge on any atom is 0.145 e. The summed E-state index contributed by atoms with van der Waals surface area (Å²) in [6.45, 7) is 2.06. The second-order valence-corrected chi connectivity index (χ2v) is 8.69. The van der Waals surface area contributed by atoms with Crippen molar-refractivity contribution in [2.24, 2.45) is 5.92 Å². The molecule has 1 saturated heterocycles. The smallest absolute Gasteiger partial charge is 0.145 e. The van der Waals surface area contributed by atoms with Gasteiger partial charge in [-0.2, -0.15) is 10.2 Å². The molecular formula is C24H28N6O. The van der Waals surface area contributed by atoms with Crippen LogP contribution in [0.4, 0.5) is 5.82 Å². The summed E-state index contributed by atoms with van der Waals surface area (Å²) in [6, 6.07) is 8.43. The molecule has 0 unspecified atom stereocenters. The summed E-state index contributed by atoms with van der Waals surface area (Å²) < 4.78 is 0. The molecule has 5 rings (SSSR count). The summed E-state index contributed by atoms with van der Waals surface area (Å²) >= 11 is 0. The lowest BCUT2D eigenvalue weighted by Crippen LogP contribution is -2.35. The summed E-state index contributed by atoms with van der Waals surface area (Å²) in [5.41, 5.74) is 3.36. The fraction of sp³-hybridized carbons (Fsp3) is 0.458. The molecule has 0 bridgehead atoms.